The zero-order valence-electron chi connectivity index (χ0n) is 9.15. The average Bonchev–Trinajstić information content (AvgIpc) is 2.90. The van der Waals surface area contributed by atoms with Crippen LogP contribution in [0.5, 0.6) is 0 Å². The molecule has 0 aliphatic carbocycles. The Kier molecular flexibility index (Phi) is 2.62. The van der Waals surface area contributed by atoms with E-state index in [1.54, 1.807) is 17.5 Å². The molecule has 3 heterocycles. The lowest BCUT2D eigenvalue weighted by Gasteiger charge is -2.08. The van der Waals surface area contributed by atoms with Crippen LogP contribution in [0.4, 0.5) is 0 Å². The van der Waals surface area contributed by atoms with Crippen LogP contribution in [0.2, 0.25) is 0 Å². The second-order valence-electron chi connectivity index (χ2n) is 3.92. The molecule has 0 saturated carbocycles. The first-order valence-electron chi connectivity index (χ1n) is 5.39. The van der Waals surface area contributed by atoms with Gasteiger partial charge in [-0.2, -0.15) is 0 Å². The largest absolute Gasteiger partial charge is 0.324 e. The average molecular weight is 244 g/mol. The lowest BCUT2D eigenvalue weighted by Crippen LogP contribution is -2.13. The molecule has 0 aliphatic heterocycles. The molecule has 0 bridgehead atoms. The van der Waals surface area contributed by atoms with Crippen molar-refractivity contribution < 1.29 is 0 Å². The van der Waals surface area contributed by atoms with Gasteiger partial charge in [-0.3, -0.25) is 9.38 Å². The van der Waals surface area contributed by atoms with E-state index >= 15 is 0 Å². The molecule has 0 saturated heterocycles. The summed E-state index contributed by atoms with van der Waals surface area (Å²) in [5.74, 6) is 0. The summed E-state index contributed by atoms with van der Waals surface area (Å²) >= 11 is 1.63. The fourth-order valence-electron chi connectivity index (χ4n) is 1.81. The molecule has 2 N–H and O–H groups in total. The first-order chi connectivity index (χ1) is 8.33. The van der Waals surface area contributed by atoms with E-state index in [1.165, 1.54) is 0 Å². The molecule has 0 fully saturated rings. The molecule has 5 heteroatoms. The normalized spacial score (nSPS) is 13.0. The molecule has 3 aromatic rings. The molecule has 4 nitrogen and oxygen atoms in total. The van der Waals surface area contributed by atoms with Gasteiger partial charge in [0.25, 0.3) is 0 Å². The van der Waals surface area contributed by atoms with Crippen LogP contribution in [0.15, 0.2) is 42.3 Å². The second-order valence-corrected chi connectivity index (χ2v) is 4.80. The Morgan fingerprint density at radius 1 is 1.47 bits per heavy atom. The summed E-state index contributed by atoms with van der Waals surface area (Å²) in [5.41, 5.74) is 8.20. The van der Waals surface area contributed by atoms with Gasteiger partial charge < -0.3 is 5.73 Å². The Morgan fingerprint density at radius 3 is 3.18 bits per heavy atom. The Hall–Kier alpha value is -1.72. The molecular weight excluding hydrogens is 232 g/mol. The summed E-state index contributed by atoms with van der Waals surface area (Å²) in [5, 5.41) is 2.02. The highest BCUT2D eigenvalue weighted by atomic mass is 32.1. The Balaban J connectivity index is 1.81. The van der Waals surface area contributed by atoms with Crippen molar-refractivity contribution in [1.82, 2.24) is 14.4 Å². The van der Waals surface area contributed by atoms with Gasteiger partial charge in [0.1, 0.15) is 0 Å². The number of thiazole rings is 1. The molecule has 86 valence electrons. The maximum Gasteiger partial charge on any atom is 0.193 e. The van der Waals surface area contributed by atoms with E-state index < -0.39 is 0 Å². The van der Waals surface area contributed by atoms with Crippen molar-refractivity contribution in [1.29, 1.82) is 0 Å². The summed E-state index contributed by atoms with van der Waals surface area (Å²) in [6.45, 7) is 0. The molecule has 1 unspecified atom stereocenters. The van der Waals surface area contributed by atoms with Crippen LogP contribution in [0.3, 0.4) is 0 Å². The minimum Gasteiger partial charge on any atom is -0.324 e. The molecule has 0 amide bonds. The number of pyridine rings is 1. The SMILES string of the molecule is NC(Cc1cn2ccsc2n1)c1cccnc1. The maximum absolute atomic E-state index is 6.13. The number of rotatable bonds is 3. The van der Waals surface area contributed by atoms with Crippen LogP contribution < -0.4 is 5.73 Å². The van der Waals surface area contributed by atoms with Gasteiger partial charge in [0.15, 0.2) is 4.96 Å². The number of fused-ring (bicyclic) bond motifs is 1. The van der Waals surface area contributed by atoms with E-state index in [0.717, 1.165) is 22.6 Å². The summed E-state index contributed by atoms with van der Waals surface area (Å²) in [6.07, 6.45) is 8.33. The first-order valence-corrected chi connectivity index (χ1v) is 6.27. The number of imidazole rings is 1. The number of nitrogens with two attached hydrogens (primary N) is 1. The van der Waals surface area contributed by atoms with Gasteiger partial charge in [0, 0.05) is 42.6 Å². The molecule has 3 rings (SSSR count). The first kappa shape index (κ1) is 10.4. The molecule has 0 aliphatic rings. The van der Waals surface area contributed by atoms with Crippen molar-refractivity contribution >= 4 is 16.3 Å². The van der Waals surface area contributed by atoms with Crippen LogP contribution in [0, 0.1) is 0 Å². The standard InChI is InChI=1S/C12H12N4S/c13-11(9-2-1-3-14-7-9)6-10-8-16-4-5-17-12(16)15-10/h1-5,7-8,11H,6,13H2. The Bertz CT molecular complexity index is 585. The lowest BCUT2D eigenvalue weighted by molar-refractivity contribution is 0.706. The van der Waals surface area contributed by atoms with E-state index in [2.05, 4.69) is 9.97 Å². The topological polar surface area (TPSA) is 56.2 Å². The van der Waals surface area contributed by atoms with Gasteiger partial charge in [-0.15, -0.1) is 11.3 Å². The molecule has 1 atom stereocenters. The minimum absolute atomic E-state index is 0.0479. The third kappa shape index (κ3) is 2.07. The van der Waals surface area contributed by atoms with Crippen molar-refractivity contribution in [2.75, 3.05) is 0 Å². The van der Waals surface area contributed by atoms with Crippen molar-refractivity contribution in [3.63, 3.8) is 0 Å². The minimum atomic E-state index is -0.0479. The fraction of sp³-hybridized carbons (Fsp3) is 0.167. The molecule has 0 radical (unpaired) electrons. The number of hydrogen-bond donors (Lipinski definition) is 1. The summed E-state index contributed by atoms with van der Waals surface area (Å²) in [4.78, 5) is 9.61. The highest BCUT2D eigenvalue weighted by Gasteiger charge is 2.10. The highest BCUT2D eigenvalue weighted by molar-refractivity contribution is 7.15. The van der Waals surface area contributed by atoms with Gasteiger partial charge in [0.05, 0.1) is 5.69 Å². The van der Waals surface area contributed by atoms with Crippen molar-refractivity contribution in [3.05, 3.63) is 53.6 Å². The highest BCUT2D eigenvalue weighted by Crippen LogP contribution is 2.17. The van der Waals surface area contributed by atoms with Gasteiger partial charge in [-0.1, -0.05) is 6.07 Å². The monoisotopic (exact) mass is 244 g/mol. The van der Waals surface area contributed by atoms with Gasteiger partial charge in [0.2, 0.25) is 0 Å². The number of hydrogen-bond acceptors (Lipinski definition) is 4. The van der Waals surface area contributed by atoms with Crippen LogP contribution in [-0.2, 0) is 6.42 Å². The van der Waals surface area contributed by atoms with E-state index in [1.807, 2.05) is 40.5 Å². The predicted octanol–water partition coefficient (Wildman–Crippen LogP) is 2.03. The fourth-order valence-corrected chi connectivity index (χ4v) is 2.53. The summed E-state index contributed by atoms with van der Waals surface area (Å²) in [6, 6.07) is 3.85. The van der Waals surface area contributed by atoms with Gasteiger partial charge >= 0.3 is 0 Å². The smallest absolute Gasteiger partial charge is 0.193 e. The Labute approximate surface area is 103 Å². The van der Waals surface area contributed by atoms with E-state index in [9.17, 15) is 0 Å². The third-order valence-corrected chi connectivity index (χ3v) is 3.46. The van der Waals surface area contributed by atoms with Crippen molar-refractivity contribution in [2.45, 2.75) is 12.5 Å². The molecule has 17 heavy (non-hydrogen) atoms. The van der Waals surface area contributed by atoms with Crippen molar-refractivity contribution in [3.8, 4) is 0 Å². The quantitative estimate of drug-likeness (QED) is 0.767. The van der Waals surface area contributed by atoms with Crippen LogP contribution in [-0.4, -0.2) is 14.4 Å². The second kappa shape index (κ2) is 4.27. The van der Waals surface area contributed by atoms with Gasteiger partial charge in [-0.25, -0.2) is 4.98 Å². The molecule has 0 aromatic carbocycles. The molecular formula is C12H12N4S. The van der Waals surface area contributed by atoms with E-state index in [4.69, 9.17) is 5.73 Å². The van der Waals surface area contributed by atoms with E-state index in [-0.39, 0.29) is 6.04 Å². The summed E-state index contributed by atoms with van der Waals surface area (Å²) in [7, 11) is 0. The third-order valence-electron chi connectivity index (χ3n) is 2.68. The zero-order chi connectivity index (χ0) is 11.7. The van der Waals surface area contributed by atoms with E-state index in [0.29, 0.717) is 0 Å². The number of aromatic nitrogens is 3. The zero-order valence-corrected chi connectivity index (χ0v) is 9.97. The van der Waals surface area contributed by atoms with Crippen molar-refractivity contribution in [2.24, 2.45) is 5.73 Å². The summed E-state index contributed by atoms with van der Waals surface area (Å²) < 4.78 is 2.02. The van der Waals surface area contributed by atoms with Crippen LogP contribution >= 0.6 is 11.3 Å². The van der Waals surface area contributed by atoms with Crippen LogP contribution in [0.1, 0.15) is 17.3 Å². The van der Waals surface area contributed by atoms with Gasteiger partial charge in [-0.05, 0) is 11.6 Å². The number of nitrogens with zero attached hydrogens (tertiary/aromatic N) is 3. The molecule has 3 aromatic heterocycles. The van der Waals surface area contributed by atoms with Crippen LogP contribution in [0.25, 0.3) is 4.96 Å². The predicted molar refractivity (Wildman–Crippen MR) is 67.9 cm³/mol. The Morgan fingerprint density at radius 2 is 2.41 bits per heavy atom. The molecule has 0 spiro atoms. The maximum atomic E-state index is 6.13. The lowest BCUT2D eigenvalue weighted by atomic mass is 10.1.